The highest BCUT2D eigenvalue weighted by Gasteiger charge is 2.20. The van der Waals surface area contributed by atoms with Crippen molar-refractivity contribution >= 4 is 5.97 Å². The summed E-state index contributed by atoms with van der Waals surface area (Å²) >= 11 is 0. The van der Waals surface area contributed by atoms with E-state index in [0.717, 1.165) is 5.56 Å². The summed E-state index contributed by atoms with van der Waals surface area (Å²) in [7, 11) is 0. The van der Waals surface area contributed by atoms with Gasteiger partial charge in [0.2, 0.25) is 5.69 Å². The molecule has 1 heterocycles. The fourth-order valence-electron chi connectivity index (χ4n) is 1.63. The van der Waals surface area contributed by atoms with Crippen LogP contribution in [0.25, 0.3) is 0 Å². The van der Waals surface area contributed by atoms with Gasteiger partial charge in [0.05, 0.1) is 13.2 Å². The molecular weight excluding hydrogens is 244 g/mol. The van der Waals surface area contributed by atoms with Crippen molar-refractivity contribution in [3.8, 4) is 6.07 Å². The first kappa shape index (κ1) is 12.8. The standard InChI is InChI=1S/C13H12N4O2/c1-2-19-13(18)12-11(8-14)17(16-15-12)9-10-6-4-3-5-7-10/h3-7H,2,9H2,1H3. The van der Waals surface area contributed by atoms with Gasteiger partial charge in [0.15, 0.2) is 5.69 Å². The first-order valence-electron chi connectivity index (χ1n) is 5.81. The number of aromatic nitrogens is 3. The average molecular weight is 256 g/mol. The predicted molar refractivity (Wildman–Crippen MR) is 66.2 cm³/mol. The van der Waals surface area contributed by atoms with E-state index in [2.05, 4.69) is 10.3 Å². The van der Waals surface area contributed by atoms with Gasteiger partial charge in [-0.1, -0.05) is 35.5 Å². The Bertz CT molecular complexity index is 613. The van der Waals surface area contributed by atoms with Crippen molar-refractivity contribution in [3.05, 3.63) is 47.3 Å². The zero-order valence-electron chi connectivity index (χ0n) is 10.4. The lowest BCUT2D eigenvalue weighted by atomic mass is 10.2. The molecule has 0 saturated heterocycles. The van der Waals surface area contributed by atoms with E-state index < -0.39 is 5.97 Å². The third kappa shape index (κ3) is 2.77. The highest BCUT2D eigenvalue weighted by molar-refractivity contribution is 5.89. The van der Waals surface area contributed by atoms with Gasteiger partial charge in [0.25, 0.3) is 0 Å². The molecular formula is C13H12N4O2. The zero-order chi connectivity index (χ0) is 13.7. The molecule has 2 aromatic rings. The molecule has 0 aliphatic carbocycles. The van der Waals surface area contributed by atoms with E-state index in [9.17, 15) is 4.79 Å². The number of nitriles is 1. The van der Waals surface area contributed by atoms with Gasteiger partial charge in [-0.2, -0.15) is 5.26 Å². The molecule has 0 radical (unpaired) electrons. The minimum atomic E-state index is -0.627. The minimum Gasteiger partial charge on any atom is -0.461 e. The Morgan fingerprint density at radius 3 is 2.79 bits per heavy atom. The summed E-state index contributed by atoms with van der Waals surface area (Å²) in [5.41, 5.74) is 1.04. The quantitative estimate of drug-likeness (QED) is 0.772. The molecule has 0 fully saturated rings. The van der Waals surface area contributed by atoms with E-state index in [-0.39, 0.29) is 18.0 Å². The van der Waals surface area contributed by atoms with E-state index >= 15 is 0 Å². The van der Waals surface area contributed by atoms with Gasteiger partial charge in [-0.05, 0) is 12.5 Å². The van der Waals surface area contributed by atoms with Crippen LogP contribution in [0.4, 0.5) is 0 Å². The Morgan fingerprint density at radius 2 is 2.16 bits per heavy atom. The first-order chi connectivity index (χ1) is 9.26. The molecule has 0 aliphatic heterocycles. The van der Waals surface area contributed by atoms with Crippen molar-refractivity contribution in [2.24, 2.45) is 0 Å². The number of hydrogen-bond donors (Lipinski definition) is 0. The van der Waals surface area contributed by atoms with Crippen LogP contribution in [-0.2, 0) is 11.3 Å². The van der Waals surface area contributed by atoms with Crippen molar-refractivity contribution in [2.75, 3.05) is 6.61 Å². The summed E-state index contributed by atoms with van der Waals surface area (Å²) < 4.78 is 6.22. The largest absolute Gasteiger partial charge is 0.461 e. The van der Waals surface area contributed by atoms with Crippen LogP contribution in [0.5, 0.6) is 0 Å². The summed E-state index contributed by atoms with van der Waals surface area (Å²) in [6.45, 7) is 2.31. The number of rotatable bonds is 4. The lowest BCUT2D eigenvalue weighted by Gasteiger charge is -2.02. The Morgan fingerprint density at radius 1 is 1.42 bits per heavy atom. The van der Waals surface area contributed by atoms with Crippen LogP contribution >= 0.6 is 0 Å². The summed E-state index contributed by atoms with van der Waals surface area (Å²) in [5, 5.41) is 16.7. The Kier molecular flexibility index (Phi) is 3.88. The smallest absolute Gasteiger partial charge is 0.361 e. The first-order valence-corrected chi connectivity index (χ1v) is 5.81. The van der Waals surface area contributed by atoms with Gasteiger partial charge < -0.3 is 4.74 Å². The third-order valence-electron chi connectivity index (χ3n) is 2.48. The topological polar surface area (TPSA) is 80.8 Å². The van der Waals surface area contributed by atoms with Crippen LogP contribution in [0.3, 0.4) is 0 Å². The van der Waals surface area contributed by atoms with E-state index in [1.807, 2.05) is 36.4 Å². The maximum absolute atomic E-state index is 11.6. The monoisotopic (exact) mass is 256 g/mol. The maximum Gasteiger partial charge on any atom is 0.361 e. The number of esters is 1. The number of hydrogen-bond acceptors (Lipinski definition) is 5. The van der Waals surface area contributed by atoms with Crippen molar-refractivity contribution in [1.29, 1.82) is 5.26 Å². The van der Waals surface area contributed by atoms with Crippen molar-refractivity contribution in [1.82, 2.24) is 15.0 Å². The lowest BCUT2D eigenvalue weighted by Crippen LogP contribution is -2.09. The van der Waals surface area contributed by atoms with Gasteiger partial charge in [0.1, 0.15) is 6.07 Å². The second kappa shape index (κ2) is 5.78. The van der Waals surface area contributed by atoms with E-state index in [1.54, 1.807) is 6.92 Å². The zero-order valence-corrected chi connectivity index (χ0v) is 10.4. The molecule has 19 heavy (non-hydrogen) atoms. The van der Waals surface area contributed by atoms with Crippen molar-refractivity contribution in [3.63, 3.8) is 0 Å². The van der Waals surface area contributed by atoms with Gasteiger partial charge in [-0.25, -0.2) is 9.48 Å². The van der Waals surface area contributed by atoms with Crippen LogP contribution < -0.4 is 0 Å². The molecule has 0 amide bonds. The van der Waals surface area contributed by atoms with Crippen LogP contribution in [0, 0.1) is 11.3 Å². The lowest BCUT2D eigenvalue weighted by molar-refractivity contribution is 0.0519. The van der Waals surface area contributed by atoms with Gasteiger partial charge in [-0.3, -0.25) is 0 Å². The molecule has 1 aromatic carbocycles. The van der Waals surface area contributed by atoms with Crippen molar-refractivity contribution in [2.45, 2.75) is 13.5 Å². The molecule has 0 N–H and O–H groups in total. The number of ether oxygens (including phenoxy) is 1. The van der Waals surface area contributed by atoms with Gasteiger partial charge in [0, 0.05) is 0 Å². The van der Waals surface area contributed by atoms with Crippen LogP contribution in [0.1, 0.15) is 28.7 Å². The molecule has 1 aromatic heterocycles. The average Bonchev–Trinajstić information content (AvgIpc) is 2.83. The number of nitrogens with zero attached hydrogens (tertiary/aromatic N) is 4. The van der Waals surface area contributed by atoms with Crippen molar-refractivity contribution < 1.29 is 9.53 Å². The molecule has 2 rings (SSSR count). The Balaban J connectivity index is 2.28. The molecule has 6 nitrogen and oxygen atoms in total. The summed E-state index contributed by atoms with van der Waals surface area (Å²) in [6.07, 6.45) is 0. The second-order valence-corrected chi connectivity index (χ2v) is 3.76. The Hall–Kier alpha value is -2.68. The fourth-order valence-corrected chi connectivity index (χ4v) is 1.63. The summed E-state index contributed by atoms with van der Waals surface area (Å²) in [6, 6.07) is 11.4. The molecule has 0 aliphatic rings. The normalized spacial score (nSPS) is 9.89. The molecule has 0 atom stereocenters. The predicted octanol–water partition coefficient (Wildman–Crippen LogP) is 1.37. The number of benzene rings is 1. The van der Waals surface area contributed by atoms with Crippen LogP contribution in [-0.4, -0.2) is 27.6 Å². The van der Waals surface area contributed by atoms with Crippen LogP contribution in [0.2, 0.25) is 0 Å². The molecule has 0 bridgehead atoms. The van der Waals surface area contributed by atoms with E-state index in [4.69, 9.17) is 10.00 Å². The summed E-state index contributed by atoms with van der Waals surface area (Å²) in [5.74, 6) is -0.627. The maximum atomic E-state index is 11.6. The van der Waals surface area contributed by atoms with E-state index in [0.29, 0.717) is 6.54 Å². The van der Waals surface area contributed by atoms with E-state index in [1.165, 1.54) is 4.68 Å². The second-order valence-electron chi connectivity index (χ2n) is 3.76. The van der Waals surface area contributed by atoms with Crippen LogP contribution in [0.15, 0.2) is 30.3 Å². The molecule has 0 unspecified atom stereocenters. The highest BCUT2D eigenvalue weighted by Crippen LogP contribution is 2.09. The highest BCUT2D eigenvalue weighted by atomic mass is 16.5. The SMILES string of the molecule is CCOC(=O)c1nnn(Cc2ccccc2)c1C#N. The molecule has 0 spiro atoms. The van der Waals surface area contributed by atoms with Gasteiger partial charge in [-0.15, -0.1) is 5.10 Å². The molecule has 0 saturated carbocycles. The third-order valence-corrected chi connectivity index (χ3v) is 2.48. The summed E-state index contributed by atoms with van der Waals surface area (Å²) in [4.78, 5) is 11.6. The minimum absolute atomic E-state index is 0.0414. The number of carbonyl (C=O) groups is 1. The molecule has 96 valence electrons. The fraction of sp³-hybridized carbons (Fsp3) is 0.231. The van der Waals surface area contributed by atoms with Gasteiger partial charge >= 0.3 is 5.97 Å². The molecule has 6 heteroatoms. The number of carbonyl (C=O) groups excluding carboxylic acids is 1. The Labute approximate surface area is 110 Å².